The van der Waals surface area contributed by atoms with Crippen LogP contribution in [0, 0.1) is 34.9 Å². The van der Waals surface area contributed by atoms with Crippen molar-refractivity contribution >= 4 is 33.0 Å². The van der Waals surface area contributed by atoms with Gasteiger partial charge in [-0.15, -0.1) is 0 Å². The molecule has 43 heavy (non-hydrogen) atoms. The molecular formula is C29H33FN6O6S. The fraction of sp³-hybridized carbons (Fsp3) is 0.448. The molecule has 2 heterocycles. The molecule has 2 fully saturated rings. The highest BCUT2D eigenvalue weighted by Crippen LogP contribution is 2.52. The van der Waals surface area contributed by atoms with E-state index in [9.17, 15) is 22.9 Å². The van der Waals surface area contributed by atoms with Crippen LogP contribution >= 0.6 is 0 Å². The topological polar surface area (TPSA) is 147 Å². The van der Waals surface area contributed by atoms with Crippen LogP contribution in [0.15, 0.2) is 36.5 Å². The highest BCUT2D eigenvalue weighted by molar-refractivity contribution is 7.90. The summed E-state index contributed by atoms with van der Waals surface area (Å²) < 4.78 is 60.3. The summed E-state index contributed by atoms with van der Waals surface area (Å²) in [4.78, 5) is 22.9. The summed E-state index contributed by atoms with van der Waals surface area (Å²) in [6, 6.07) is 8.72. The van der Waals surface area contributed by atoms with Gasteiger partial charge in [-0.2, -0.15) is 18.0 Å². The Labute approximate surface area is 249 Å². The molecule has 0 spiro atoms. The van der Waals surface area contributed by atoms with Crippen molar-refractivity contribution in [3.63, 3.8) is 0 Å². The molecule has 3 aromatic rings. The molecule has 1 aliphatic carbocycles. The lowest BCUT2D eigenvalue weighted by molar-refractivity contribution is 0.0260. The smallest absolute Gasteiger partial charge is 0.410 e. The van der Waals surface area contributed by atoms with E-state index < -0.39 is 27.4 Å². The van der Waals surface area contributed by atoms with E-state index in [-0.39, 0.29) is 29.6 Å². The molecule has 1 aliphatic heterocycles. The maximum atomic E-state index is 14.8. The lowest BCUT2D eigenvalue weighted by Gasteiger charge is -2.25. The van der Waals surface area contributed by atoms with E-state index in [0.29, 0.717) is 54.4 Å². The van der Waals surface area contributed by atoms with Gasteiger partial charge in [0.25, 0.3) is 0 Å². The lowest BCUT2D eigenvalue weighted by Crippen LogP contribution is -2.37. The van der Waals surface area contributed by atoms with Gasteiger partial charge < -0.3 is 19.1 Å². The maximum Gasteiger partial charge on any atom is 0.410 e. The van der Waals surface area contributed by atoms with Crippen LogP contribution in [0.1, 0.15) is 33.3 Å². The van der Waals surface area contributed by atoms with Gasteiger partial charge in [0.15, 0.2) is 11.6 Å². The number of aromatic nitrogens is 2. The number of rotatable bonds is 9. The lowest BCUT2D eigenvalue weighted by atomic mass is 10.1. The zero-order valence-corrected chi connectivity index (χ0v) is 25.3. The number of ether oxygens (including phenoxy) is 3. The molecular weight excluding hydrogens is 579 g/mol. The summed E-state index contributed by atoms with van der Waals surface area (Å²) in [6.07, 6.45) is 1.22. The number of hydrogen-bond donors (Lipinski definition) is 1. The van der Waals surface area contributed by atoms with Gasteiger partial charge in [-0.25, -0.2) is 19.2 Å². The van der Waals surface area contributed by atoms with Gasteiger partial charge in [0, 0.05) is 38.7 Å². The van der Waals surface area contributed by atoms with Crippen LogP contribution in [-0.2, 0) is 14.9 Å². The second-order valence-corrected chi connectivity index (χ2v) is 13.4. The number of nitriles is 1. The molecule has 1 N–H and O–H groups in total. The molecule has 5 rings (SSSR count). The number of carbonyl (C=O) groups is 1. The largest absolute Gasteiger partial charge is 0.476 e. The number of carbonyl (C=O) groups excluding carboxylic acids is 1. The Kier molecular flexibility index (Phi) is 8.06. The summed E-state index contributed by atoms with van der Waals surface area (Å²) >= 11 is 0. The number of anilines is 1. The zero-order valence-electron chi connectivity index (χ0n) is 24.5. The second kappa shape index (κ2) is 11.5. The van der Waals surface area contributed by atoms with Gasteiger partial charge in [-0.1, -0.05) is 6.92 Å². The number of benzene rings is 2. The first kappa shape index (κ1) is 30.2. The molecule has 1 aromatic heterocycles. The fourth-order valence-corrected chi connectivity index (χ4v) is 5.96. The number of nitrogens with one attached hydrogen (secondary N) is 1. The normalized spacial score (nSPS) is 19.6. The molecule has 1 unspecified atom stereocenters. The molecule has 1 saturated heterocycles. The third kappa shape index (κ3) is 6.57. The van der Waals surface area contributed by atoms with Crippen LogP contribution in [0.3, 0.4) is 0 Å². The average molecular weight is 613 g/mol. The van der Waals surface area contributed by atoms with Crippen molar-refractivity contribution in [1.82, 2.24) is 19.2 Å². The van der Waals surface area contributed by atoms with E-state index in [4.69, 9.17) is 14.2 Å². The molecule has 2 aliphatic rings. The maximum absolute atomic E-state index is 14.8. The quantitative estimate of drug-likeness (QED) is 0.368. The predicted octanol–water partition coefficient (Wildman–Crippen LogP) is 4.53. The van der Waals surface area contributed by atoms with Crippen LogP contribution < -0.4 is 14.2 Å². The van der Waals surface area contributed by atoms with Crippen molar-refractivity contribution in [1.29, 1.82) is 5.26 Å². The van der Waals surface area contributed by atoms with Crippen molar-refractivity contribution in [3.05, 3.63) is 47.9 Å². The number of nitrogens with zero attached hydrogens (tertiary/aromatic N) is 5. The Bertz CT molecular complexity index is 1690. The highest BCUT2D eigenvalue weighted by atomic mass is 32.2. The average Bonchev–Trinajstić information content (AvgIpc) is 3.39. The minimum Gasteiger partial charge on any atom is -0.476 e. The van der Waals surface area contributed by atoms with Crippen LogP contribution in [0.2, 0.25) is 0 Å². The van der Waals surface area contributed by atoms with Crippen molar-refractivity contribution in [2.24, 2.45) is 17.8 Å². The molecule has 14 heteroatoms. The number of fused-ring (bicyclic) bond motifs is 2. The molecule has 0 bridgehead atoms. The number of amides is 1. The fourth-order valence-electron chi connectivity index (χ4n) is 5.02. The van der Waals surface area contributed by atoms with Crippen LogP contribution in [0.4, 0.5) is 14.9 Å². The van der Waals surface area contributed by atoms with Crippen molar-refractivity contribution in [2.75, 3.05) is 38.0 Å². The molecule has 12 nitrogen and oxygen atoms in total. The van der Waals surface area contributed by atoms with Crippen molar-refractivity contribution in [2.45, 2.75) is 33.3 Å². The van der Waals surface area contributed by atoms with Gasteiger partial charge in [0.1, 0.15) is 23.0 Å². The summed E-state index contributed by atoms with van der Waals surface area (Å²) in [7, 11) is -2.58. The summed E-state index contributed by atoms with van der Waals surface area (Å²) in [5.74, 6) is 0.215. The molecule has 0 radical (unpaired) electrons. The van der Waals surface area contributed by atoms with Crippen LogP contribution in [0.25, 0.3) is 11.0 Å². The first-order valence-corrected chi connectivity index (χ1v) is 15.3. The van der Waals surface area contributed by atoms with E-state index in [1.165, 1.54) is 25.4 Å². The first-order valence-electron chi connectivity index (χ1n) is 13.8. The molecule has 1 amide bonds. The van der Waals surface area contributed by atoms with Crippen LogP contribution in [0.5, 0.6) is 17.4 Å². The molecule has 1 saturated carbocycles. The highest BCUT2D eigenvalue weighted by Gasteiger charge is 2.57. The number of hydrogen-bond acceptors (Lipinski definition) is 9. The Morgan fingerprint density at radius 3 is 2.58 bits per heavy atom. The summed E-state index contributed by atoms with van der Waals surface area (Å²) in [6.45, 7) is 9.09. The van der Waals surface area contributed by atoms with E-state index in [1.54, 1.807) is 24.0 Å². The van der Waals surface area contributed by atoms with Gasteiger partial charge in [-0.3, -0.25) is 4.72 Å². The summed E-state index contributed by atoms with van der Waals surface area (Å²) in [5, 5.41) is 9.75. The Morgan fingerprint density at radius 2 is 1.93 bits per heavy atom. The molecule has 3 atom stereocenters. The van der Waals surface area contributed by atoms with E-state index in [1.807, 2.05) is 26.8 Å². The van der Waals surface area contributed by atoms with E-state index >= 15 is 0 Å². The minimum atomic E-state index is -3.96. The van der Waals surface area contributed by atoms with E-state index in [2.05, 4.69) is 14.7 Å². The van der Waals surface area contributed by atoms with Gasteiger partial charge in [0.2, 0.25) is 5.88 Å². The Morgan fingerprint density at radius 1 is 1.21 bits per heavy atom. The number of piperidine rings is 1. The van der Waals surface area contributed by atoms with Gasteiger partial charge in [-0.05, 0) is 56.9 Å². The monoisotopic (exact) mass is 612 g/mol. The molecule has 228 valence electrons. The second-order valence-electron chi connectivity index (χ2n) is 11.6. The summed E-state index contributed by atoms with van der Waals surface area (Å²) in [5.41, 5.74) is 0.00312. The Hall–Kier alpha value is -4.22. The zero-order chi connectivity index (χ0) is 31.1. The van der Waals surface area contributed by atoms with Gasteiger partial charge >= 0.3 is 16.3 Å². The standard InChI is InChI=1S/C29H33FN6O6S/c1-6-35(5)43(38,39)34-23-10-8-22(30)27(18(23)12-31)41-17-7-9-24-25(11-17)33-26(13-32-24)40-16-21-19-14-36(15-20(19)21)28(37)42-29(2,3)4/h7-11,13,19-21,34H,6,14-16H2,1-5H3/t19-,20+,21?. The Balaban J connectivity index is 1.26. The van der Waals surface area contributed by atoms with Gasteiger partial charge in [0.05, 0.1) is 29.5 Å². The minimum absolute atomic E-state index is 0.116. The number of likely N-dealkylation sites (tertiary alicyclic amines) is 1. The number of halogens is 1. The van der Waals surface area contributed by atoms with Crippen molar-refractivity contribution in [3.8, 4) is 23.4 Å². The first-order chi connectivity index (χ1) is 20.3. The predicted molar refractivity (Wildman–Crippen MR) is 155 cm³/mol. The van der Waals surface area contributed by atoms with Crippen molar-refractivity contribution < 1.29 is 31.8 Å². The SMILES string of the molecule is CCN(C)S(=O)(=O)Nc1ccc(F)c(Oc2ccc3ncc(OCC4[C@H]5CN(C(=O)OC(C)(C)C)C[C@@H]45)nc3c2)c1C#N. The third-order valence-corrected chi connectivity index (χ3v) is 9.03. The molecule has 2 aromatic carbocycles. The van der Waals surface area contributed by atoms with Crippen LogP contribution in [-0.4, -0.2) is 72.6 Å². The van der Waals surface area contributed by atoms with E-state index in [0.717, 1.165) is 10.4 Å². The third-order valence-electron chi connectivity index (χ3n) is 7.47.